The lowest BCUT2D eigenvalue weighted by Crippen LogP contribution is -2.25. The van der Waals surface area contributed by atoms with Gasteiger partial charge in [-0.15, -0.1) is 11.3 Å². The van der Waals surface area contributed by atoms with Gasteiger partial charge in [-0.25, -0.2) is 0 Å². The summed E-state index contributed by atoms with van der Waals surface area (Å²) in [4.78, 5) is 15.2. The van der Waals surface area contributed by atoms with Crippen LogP contribution in [-0.2, 0) is 11.3 Å². The Bertz CT molecular complexity index is 368. The molecule has 0 unspecified atom stereocenters. The molecule has 1 aliphatic carbocycles. The first kappa shape index (κ1) is 14.6. The van der Waals surface area contributed by atoms with Crippen LogP contribution in [-0.4, -0.2) is 17.9 Å². The first-order valence-corrected chi connectivity index (χ1v) is 8.40. The lowest BCUT2D eigenvalue weighted by atomic mass is 9.86. The van der Waals surface area contributed by atoms with Crippen LogP contribution in [0.2, 0.25) is 0 Å². The van der Waals surface area contributed by atoms with E-state index in [1.807, 2.05) is 18.0 Å². The van der Waals surface area contributed by atoms with E-state index < -0.39 is 0 Å². The zero-order chi connectivity index (χ0) is 13.5. The van der Waals surface area contributed by atoms with Gasteiger partial charge in [-0.05, 0) is 30.2 Å². The molecule has 0 aromatic carbocycles. The van der Waals surface area contributed by atoms with Gasteiger partial charge in [-0.1, -0.05) is 38.2 Å². The Kier molecular flexibility index (Phi) is 5.90. The molecule has 0 radical (unpaired) electrons. The van der Waals surface area contributed by atoms with Gasteiger partial charge >= 0.3 is 0 Å². The minimum atomic E-state index is 0.296. The minimum absolute atomic E-state index is 0.296. The molecule has 0 atom stereocenters. The molecule has 1 amide bonds. The van der Waals surface area contributed by atoms with Gasteiger partial charge in [-0.3, -0.25) is 4.79 Å². The van der Waals surface area contributed by atoms with E-state index >= 15 is 0 Å². The Labute approximate surface area is 120 Å². The predicted octanol–water partition coefficient (Wildman–Crippen LogP) is 4.46. The standard InChI is InChI=1S/C16H25NOS/c1-17(13-15-10-6-12-19-15)16(18)11-5-9-14-7-3-2-4-8-14/h6,10,12,14H,2-5,7-9,11,13H2,1H3. The fourth-order valence-electron chi connectivity index (χ4n) is 2.93. The van der Waals surface area contributed by atoms with Crippen molar-refractivity contribution in [2.75, 3.05) is 7.05 Å². The summed E-state index contributed by atoms with van der Waals surface area (Å²) in [5.74, 6) is 1.19. The highest BCUT2D eigenvalue weighted by atomic mass is 32.1. The van der Waals surface area contributed by atoms with Crippen molar-refractivity contribution in [3.05, 3.63) is 22.4 Å². The van der Waals surface area contributed by atoms with Crippen LogP contribution >= 0.6 is 11.3 Å². The summed E-state index contributed by atoms with van der Waals surface area (Å²) in [7, 11) is 1.92. The van der Waals surface area contributed by atoms with E-state index in [4.69, 9.17) is 0 Å². The number of carbonyl (C=O) groups excluding carboxylic acids is 1. The lowest BCUT2D eigenvalue weighted by Gasteiger charge is -2.22. The van der Waals surface area contributed by atoms with Gasteiger partial charge in [0.15, 0.2) is 0 Å². The zero-order valence-corrected chi connectivity index (χ0v) is 12.8. The van der Waals surface area contributed by atoms with Gasteiger partial charge < -0.3 is 4.90 Å². The fraction of sp³-hybridized carbons (Fsp3) is 0.688. The molecular formula is C16H25NOS. The molecular weight excluding hydrogens is 254 g/mol. The van der Waals surface area contributed by atoms with E-state index in [0.29, 0.717) is 5.91 Å². The van der Waals surface area contributed by atoms with Gasteiger partial charge in [0.2, 0.25) is 5.91 Å². The molecule has 0 saturated heterocycles. The molecule has 1 fully saturated rings. The van der Waals surface area contributed by atoms with Gasteiger partial charge in [0.1, 0.15) is 0 Å². The number of rotatable bonds is 6. The third-order valence-electron chi connectivity index (χ3n) is 4.13. The molecule has 1 saturated carbocycles. The molecule has 2 nitrogen and oxygen atoms in total. The Morgan fingerprint density at radius 3 is 2.84 bits per heavy atom. The highest BCUT2D eigenvalue weighted by Gasteiger charge is 2.15. The zero-order valence-electron chi connectivity index (χ0n) is 11.9. The molecule has 0 N–H and O–H groups in total. The summed E-state index contributed by atoms with van der Waals surface area (Å²) in [6.45, 7) is 0.764. The molecule has 3 heteroatoms. The fourth-order valence-corrected chi connectivity index (χ4v) is 3.69. The Balaban J connectivity index is 1.63. The summed E-state index contributed by atoms with van der Waals surface area (Å²) >= 11 is 1.72. The van der Waals surface area contributed by atoms with Gasteiger partial charge in [0, 0.05) is 18.3 Å². The molecule has 1 aliphatic rings. The van der Waals surface area contributed by atoms with Crippen molar-refractivity contribution in [3.63, 3.8) is 0 Å². The topological polar surface area (TPSA) is 20.3 Å². The number of nitrogens with zero attached hydrogens (tertiary/aromatic N) is 1. The number of hydrogen-bond acceptors (Lipinski definition) is 2. The Hall–Kier alpha value is -0.830. The van der Waals surface area contributed by atoms with E-state index in [2.05, 4.69) is 11.4 Å². The normalized spacial score (nSPS) is 16.5. The summed E-state index contributed by atoms with van der Waals surface area (Å²) in [6.07, 6.45) is 10.0. The molecule has 1 aromatic rings. The number of amides is 1. The highest BCUT2D eigenvalue weighted by Crippen LogP contribution is 2.27. The maximum absolute atomic E-state index is 12.0. The van der Waals surface area contributed by atoms with Crippen molar-refractivity contribution < 1.29 is 4.79 Å². The predicted molar refractivity (Wildman–Crippen MR) is 81.2 cm³/mol. The highest BCUT2D eigenvalue weighted by molar-refractivity contribution is 7.09. The van der Waals surface area contributed by atoms with E-state index in [9.17, 15) is 4.79 Å². The summed E-state index contributed by atoms with van der Waals surface area (Å²) in [6, 6.07) is 4.14. The maximum Gasteiger partial charge on any atom is 0.222 e. The van der Waals surface area contributed by atoms with Crippen LogP contribution in [0.5, 0.6) is 0 Å². The summed E-state index contributed by atoms with van der Waals surface area (Å²) in [5, 5.41) is 2.07. The van der Waals surface area contributed by atoms with Crippen LogP contribution in [0.25, 0.3) is 0 Å². The summed E-state index contributed by atoms with van der Waals surface area (Å²) in [5.41, 5.74) is 0. The third-order valence-corrected chi connectivity index (χ3v) is 4.99. The third kappa shape index (κ3) is 4.98. The van der Waals surface area contributed by atoms with Crippen LogP contribution in [0.3, 0.4) is 0 Å². The van der Waals surface area contributed by atoms with Gasteiger partial charge in [0.05, 0.1) is 6.54 Å². The van der Waals surface area contributed by atoms with E-state index in [1.165, 1.54) is 43.4 Å². The van der Waals surface area contributed by atoms with Crippen molar-refractivity contribution in [3.8, 4) is 0 Å². The van der Waals surface area contributed by atoms with Crippen LogP contribution in [0, 0.1) is 5.92 Å². The molecule has 106 valence electrons. The minimum Gasteiger partial charge on any atom is -0.341 e. The average Bonchev–Trinajstić information content (AvgIpc) is 2.92. The maximum atomic E-state index is 12.0. The van der Waals surface area contributed by atoms with E-state index in [1.54, 1.807) is 11.3 Å². The molecule has 0 aliphatic heterocycles. The lowest BCUT2D eigenvalue weighted by molar-refractivity contribution is -0.130. The summed E-state index contributed by atoms with van der Waals surface area (Å²) < 4.78 is 0. The average molecular weight is 279 g/mol. The Morgan fingerprint density at radius 1 is 1.37 bits per heavy atom. The SMILES string of the molecule is CN(Cc1cccs1)C(=O)CCCC1CCCCC1. The number of thiophene rings is 1. The molecule has 0 spiro atoms. The van der Waals surface area contributed by atoms with Crippen molar-refractivity contribution in [2.24, 2.45) is 5.92 Å². The first-order chi connectivity index (χ1) is 9.25. The largest absolute Gasteiger partial charge is 0.341 e. The molecule has 0 bridgehead atoms. The van der Waals surface area contributed by atoms with E-state index in [-0.39, 0.29) is 0 Å². The van der Waals surface area contributed by atoms with Crippen molar-refractivity contribution in [1.29, 1.82) is 0 Å². The quantitative estimate of drug-likeness (QED) is 0.753. The van der Waals surface area contributed by atoms with Crippen molar-refractivity contribution >= 4 is 17.2 Å². The second-order valence-electron chi connectivity index (χ2n) is 5.73. The Morgan fingerprint density at radius 2 is 2.16 bits per heavy atom. The second-order valence-corrected chi connectivity index (χ2v) is 6.76. The smallest absolute Gasteiger partial charge is 0.222 e. The molecule has 1 heterocycles. The van der Waals surface area contributed by atoms with Gasteiger partial charge in [-0.2, -0.15) is 0 Å². The van der Waals surface area contributed by atoms with Crippen molar-refractivity contribution in [1.82, 2.24) is 4.90 Å². The van der Waals surface area contributed by atoms with Crippen LogP contribution in [0.1, 0.15) is 56.2 Å². The van der Waals surface area contributed by atoms with Crippen molar-refractivity contribution in [2.45, 2.75) is 57.9 Å². The van der Waals surface area contributed by atoms with Crippen LogP contribution < -0.4 is 0 Å². The number of hydrogen-bond donors (Lipinski definition) is 0. The molecule has 19 heavy (non-hydrogen) atoms. The second kappa shape index (κ2) is 7.68. The van der Waals surface area contributed by atoms with Crippen LogP contribution in [0.15, 0.2) is 17.5 Å². The van der Waals surface area contributed by atoms with Crippen LogP contribution in [0.4, 0.5) is 0 Å². The first-order valence-electron chi connectivity index (χ1n) is 7.52. The molecule has 1 aromatic heterocycles. The molecule has 2 rings (SSSR count). The van der Waals surface area contributed by atoms with Gasteiger partial charge in [0.25, 0.3) is 0 Å². The number of carbonyl (C=O) groups is 1. The monoisotopic (exact) mass is 279 g/mol. The van der Waals surface area contributed by atoms with E-state index in [0.717, 1.165) is 25.3 Å².